The van der Waals surface area contributed by atoms with Crippen molar-refractivity contribution >= 4 is 28.6 Å². The largest absolute Gasteiger partial charge is 0.451 e. The predicted octanol–water partition coefficient (Wildman–Crippen LogP) is 4.11. The van der Waals surface area contributed by atoms with Gasteiger partial charge in [-0.25, -0.2) is 0 Å². The number of pyridine rings is 1. The number of hydrogen-bond donors (Lipinski definition) is 0. The number of thioether (sulfide) groups is 1. The standard InChI is InChI=1S/C23H24N2O3S/c1-2-29-14-18-17-6-3-4-8-20(17)28-22(18)23(27)24-11-15-10-16(13-24)19-7-5-9-21(26)25(19)12-15/h3-9,15-16H,2,10-14H2,1H3. The maximum absolute atomic E-state index is 13.5. The molecule has 5 rings (SSSR count). The molecule has 0 N–H and O–H groups in total. The molecule has 2 atom stereocenters. The van der Waals surface area contributed by atoms with Gasteiger partial charge in [0, 0.05) is 54.0 Å². The van der Waals surface area contributed by atoms with E-state index in [9.17, 15) is 9.59 Å². The molecule has 0 aliphatic carbocycles. The van der Waals surface area contributed by atoms with Gasteiger partial charge in [0.05, 0.1) is 0 Å². The molecule has 1 fully saturated rings. The number of para-hydroxylation sites is 1. The van der Waals surface area contributed by atoms with E-state index in [1.54, 1.807) is 17.8 Å². The van der Waals surface area contributed by atoms with Gasteiger partial charge in [0.1, 0.15) is 5.58 Å². The molecule has 2 aliphatic rings. The van der Waals surface area contributed by atoms with Gasteiger partial charge in [-0.1, -0.05) is 31.2 Å². The molecule has 2 unspecified atom stereocenters. The quantitative estimate of drug-likeness (QED) is 0.652. The summed E-state index contributed by atoms with van der Waals surface area (Å²) in [5.74, 6) is 2.74. The minimum Gasteiger partial charge on any atom is -0.451 e. The summed E-state index contributed by atoms with van der Waals surface area (Å²) in [6.45, 7) is 4.12. The first-order chi connectivity index (χ1) is 14.2. The van der Waals surface area contributed by atoms with Gasteiger partial charge in [-0.05, 0) is 30.2 Å². The van der Waals surface area contributed by atoms with E-state index in [1.165, 1.54) is 0 Å². The van der Waals surface area contributed by atoms with Crippen molar-refractivity contribution in [1.82, 2.24) is 9.47 Å². The summed E-state index contributed by atoms with van der Waals surface area (Å²) >= 11 is 1.80. The minimum absolute atomic E-state index is 0.0191. The van der Waals surface area contributed by atoms with Gasteiger partial charge >= 0.3 is 0 Å². The molecule has 0 saturated carbocycles. The number of hydrogen-bond acceptors (Lipinski definition) is 4. The van der Waals surface area contributed by atoms with Crippen molar-refractivity contribution in [3.8, 4) is 0 Å². The Morgan fingerprint density at radius 2 is 2.00 bits per heavy atom. The number of furan rings is 1. The van der Waals surface area contributed by atoms with Gasteiger partial charge in [-0.3, -0.25) is 9.59 Å². The number of likely N-dealkylation sites (tertiary alicyclic amines) is 1. The summed E-state index contributed by atoms with van der Waals surface area (Å²) in [4.78, 5) is 27.7. The molecule has 3 aromatic rings. The number of amides is 1. The smallest absolute Gasteiger partial charge is 0.289 e. The molecular formula is C23H24N2O3S. The number of nitrogens with zero attached hydrogens (tertiary/aromatic N) is 2. The third-order valence-corrected chi connectivity index (χ3v) is 7.01. The number of piperidine rings is 1. The Kier molecular flexibility index (Phi) is 4.74. The molecule has 1 aromatic carbocycles. The van der Waals surface area contributed by atoms with Crippen LogP contribution in [0.4, 0.5) is 0 Å². The number of rotatable bonds is 4. The molecule has 2 bridgehead atoms. The number of aromatic nitrogens is 1. The van der Waals surface area contributed by atoms with Crippen LogP contribution in [0.3, 0.4) is 0 Å². The molecule has 1 saturated heterocycles. The third kappa shape index (κ3) is 3.19. The lowest BCUT2D eigenvalue weighted by atomic mass is 9.83. The SMILES string of the molecule is CCSCc1c(C(=O)N2CC3CC(C2)c2cccc(=O)n2C3)oc2ccccc12. The summed E-state index contributed by atoms with van der Waals surface area (Å²) in [5.41, 5.74) is 2.90. The lowest BCUT2D eigenvalue weighted by molar-refractivity contribution is 0.0565. The van der Waals surface area contributed by atoms with Gasteiger partial charge in [-0.15, -0.1) is 0 Å². The van der Waals surface area contributed by atoms with E-state index in [4.69, 9.17) is 4.42 Å². The topological polar surface area (TPSA) is 55.5 Å². The van der Waals surface area contributed by atoms with Crippen molar-refractivity contribution < 1.29 is 9.21 Å². The molecular weight excluding hydrogens is 384 g/mol. The average molecular weight is 409 g/mol. The highest BCUT2D eigenvalue weighted by molar-refractivity contribution is 7.98. The van der Waals surface area contributed by atoms with Crippen LogP contribution in [0.1, 0.15) is 41.1 Å². The Morgan fingerprint density at radius 3 is 2.86 bits per heavy atom. The van der Waals surface area contributed by atoms with Crippen molar-refractivity contribution in [3.05, 3.63) is 69.8 Å². The number of benzene rings is 1. The van der Waals surface area contributed by atoms with Crippen LogP contribution in [0.2, 0.25) is 0 Å². The summed E-state index contributed by atoms with van der Waals surface area (Å²) in [5, 5.41) is 1.03. The maximum atomic E-state index is 13.5. The van der Waals surface area contributed by atoms with Crippen LogP contribution in [0.15, 0.2) is 51.7 Å². The zero-order valence-corrected chi connectivity index (χ0v) is 17.3. The van der Waals surface area contributed by atoms with E-state index in [1.807, 2.05) is 45.9 Å². The Morgan fingerprint density at radius 1 is 1.14 bits per heavy atom. The molecule has 0 spiro atoms. The first kappa shape index (κ1) is 18.6. The molecule has 6 heteroatoms. The first-order valence-corrected chi connectivity index (χ1v) is 11.4. The van der Waals surface area contributed by atoms with E-state index < -0.39 is 0 Å². The highest BCUT2D eigenvalue weighted by Crippen LogP contribution is 2.37. The van der Waals surface area contributed by atoms with Crippen LogP contribution in [-0.4, -0.2) is 34.2 Å². The van der Waals surface area contributed by atoms with Gasteiger partial charge in [-0.2, -0.15) is 11.8 Å². The van der Waals surface area contributed by atoms with Gasteiger partial charge < -0.3 is 13.9 Å². The summed E-state index contributed by atoms with van der Waals surface area (Å²) in [6.07, 6.45) is 1.03. The lowest BCUT2D eigenvalue weighted by Crippen LogP contribution is -2.49. The lowest BCUT2D eigenvalue weighted by Gasteiger charge is -2.42. The van der Waals surface area contributed by atoms with Crippen LogP contribution in [-0.2, 0) is 12.3 Å². The third-order valence-electron chi connectivity index (χ3n) is 6.11. The van der Waals surface area contributed by atoms with Gasteiger partial charge in [0.15, 0.2) is 5.76 Å². The first-order valence-electron chi connectivity index (χ1n) is 10.2. The Hall–Kier alpha value is -2.47. The Labute approximate surface area is 173 Å². The van der Waals surface area contributed by atoms with E-state index in [2.05, 4.69) is 6.92 Å². The highest BCUT2D eigenvalue weighted by Gasteiger charge is 2.38. The number of fused-ring (bicyclic) bond motifs is 5. The van der Waals surface area contributed by atoms with Crippen LogP contribution in [0.25, 0.3) is 11.0 Å². The summed E-state index contributed by atoms with van der Waals surface area (Å²) < 4.78 is 7.96. The van der Waals surface area contributed by atoms with Crippen LogP contribution in [0, 0.1) is 5.92 Å². The second-order valence-electron chi connectivity index (χ2n) is 7.95. The predicted molar refractivity (Wildman–Crippen MR) is 116 cm³/mol. The van der Waals surface area contributed by atoms with Gasteiger partial charge in [0.2, 0.25) is 0 Å². The Bertz CT molecular complexity index is 1130. The van der Waals surface area contributed by atoms with E-state index in [0.29, 0.717) is 31.3 Å². The van der Waals surface area contributed by atoms with E-state index in [-0.39, 0.29) is 17.4 Å². The molecule has 150 valence electrons. The molecule has 4 heterocycles. The summed E-state index contributed by atoms with van der Waals surface area (Å²) in [6, 6.07) is 13.4. The van der Waals surface area contributed by atoms with E-state index >= 15 is 0 Å². The maximum Gasteiger partial charge on any atom is 0.289 e. The van der Waals surface area contributed by atoms with Crippen molar-refractivity contribution in [2.24, 2.45) is 5.92 Å². The van der Waals surface area contributed by atoms with Gasteiger partial charge in [0.25, 0.3) is 11.5 Å². The average Bonchev–Trinajstić information content (AvgIpc) is 3.11. The van der Waals surface area contributed by atoms with Crippen molar-refractivity contribution in [1.29, 1.82) is 0 Å². The number of carbonyl (C=O) groups is 1. The fourth-order valence-electron chi connectivity index (χ4n) is 4.82. The van der Waals surface area contributed by atoms with Crippen LogP contribution in [0.5, 0.6) is 0 Å². The monoisotopic (exact) mass is 408 g/mol. The fraction of sp³-hybridized carbons (Fsp3) is 0.391. The molecule has 29 heavy (non-hydrogen) atoms. The second kappa shape index (κ2) is 7.41. The minimum atomic E-state index is -0.0191. The zero-order chi connectivity index (χ0) is 20.0. The van der Waals surface area contributed by atoms with Crippen molar-refractivity contribution in [3.63, 3.8) is 0 Å². The normalized spacial score (nSPS) is 20.7. The van der Waals surface area contributed by atoms with Crippen molar-refractivity contribution in [2.45, 2.75) is 31.6 Å². The van der Waals surface area contributed by atoms with E-state index in [0.717, 1.165) is 40.2 Å². The zero-order valence-electron chi connectivity index (χ0n) is 16.5. The molecule has 2 aromatic heterocycles. The second-order valence-corrected chi connectivity index (χ2v) is 9.23. The van der Waals surface area contributed by atoms with Crippen LogP contribution >= 0.6 is 11.8 Å². The molecule has 1 amide bonds. The fourth-order valence-corrected chi connectivity index (χ4v) is 5.52. The highest BCUT2D eigenvalue weighted by atomic mass is 32.2. The molecule has 2 aliphatic heterocycles. The molecule has 5 nitrogen and oxygen atoms in total. The molecule has 0 radical (unpaired) electrons. The van der Waals surface area contributed by atoms with Crippen molar-refractivity contribution in [2.75, 3.05) is 18.8 Å². The number of carbonyl (C=O) groups excluding carboxylic acids is 1. The van der Waals surface area contributed by atoms with Crippen LogP contribution < -0.4 is 5.56 Å². The summed E-state index contributed by atoms with van der Waals surface area (Å²) in [7, 11) is 0. The Balaban J connectivity index is 1.48.